The fourth-order valence-electron chi connectivity index (χ4n) is 8.29. The number of pyridine rings is 1. The smallest absolute Gasteiger partial charge is 0.165 e. The van der Waals surface area contributed by atoms with Gasteiger partial charge in [-0.1, -0.05) is 170 Å². The van der Waals surface area contributed by atoms with Crippen molar-refractivity contribution in [3.63, 3.8) is 0 Å². The number of fused-ring (bicyclic) bond motifs is 3. The summed E-state index contributed by atoms with van der Waals surface area (Å²) in [7, 11) is 0. The van der Waals surface area contributed by atoms with Gasteiger partial charge in [-0.05, 0) is 79.9 Å². The van der Waals surface area contributed by atoms with Crippen molar-refractivity contribution in [3.8, 4) is 67.5 Å². The van der Waals surface area contributed by atoms with E-state index in [2.05, 4.69) is 181 Å². The molecule has 0 unspecified atom stereocenters. The van der Waals surface area contributed by atoms with Crippen molar-refractivity contribution >= 4 is 0 Å². The molecule has 0 aliphatic heterocycles. The highest BCUT2D eigenvalue weighted by molar-refractivity contribution is 5.96. The average Bonchev–Trinajstić information content (AvgIpc) is 3.59. The summed E-state index contributed by atoms with van der Waals surface area (Å²) in [4.78, 5) is 19.6. The van der Waals surface area contributed by atoms with E-state index in [0.717, 1.165) is 38.9 Å². The lowest BCUT2D eigenvalue weighted by molar-refractivity contribution is 0.768. The lowest BCUT2D eigenvalue weighted by Gasteiger charge is -2.34. The van der Waals surface area contributed by atoms with Crippen LogP contribution in [0.3, 0.4) is 0 Å². The van der Waals surface area contributed by atoms with Crippen LogP contribution in [0.5, 0.6) is 0 Å². The second-order valence-corrected chi connectivity index (χ2v) is 13.8. The largest absolute Gasteiger partial charge is 0.264 e. The Bertz CT molecular complexity index is 2760. The molecule has 10 rings (SSSR count). The molecule has 258 valence electrons. The highest BCUT2D eigenvalue weighted by Gasteiger charge is 2.46. The minimum absolute atomic E-state index is 0.474. The Morgan fingerprint density at radius 2 is 0.800 bits per heavy atom. The first-order valence-electron chi connectivity index (χ1n) is 18.5. The fraction of sp³-hybridized carbons (Fsp3) is 0.0196. The number of nitrogens with zero attached hydrogens (tertiary/aromatic N) is 4. The van der Waals surface area contributed by atoms with Crippen LogP contribution in [-0.4, -0.2) is 19.9 Å². The van der Waals surface area contributed by atoms with Crippen molar-refractivity contribution in [2.24, 2.45) is 0 Å². The molecule has 0 radical (unpaired) electrons. The third-order valence-corrected chi connectivity index (χ3v) is 10.7. The van der Waals surface area contributed by atoms with Gasteiger partial charge >= 0.3 is 0 Å². The highest BCUT2D eigenvalue weighted by atomic mass is 15.0. The van der Waals surface area contributed by atoms with Gasteiger partial charge in [-0.2, -0.15) is 0 Å². The SMILES string of the molecule is c1ccc(-c2cccc(-c3nc(-c4cccnc4)nc(-c4cccc(-c5cccc6c5-c5ccccc5C6(c5ccccc5)c5ccccc5)c4)n3)c2)cc1. The van der Waals surface area contributed by atoms with Crippen molar-refractivity contribution in [2.45, 2.75) is 5.41 Å². The van der Waals surface area contributed by atoms with Crippen LogP contribution < -0.4 is 0 Å². The van der Waals surface area contributed by atoms with E-state index < -0.39 is 5.41 Å². The van der Waals surface area contributed by atoms with Crippen LogP contribution in [0.2, 0.25) is 0 Å². The molecule has 55 heavy (non-hydrogen) atoms. The van der Waals surface area contributed by atoms with Crippen LogP contribution in [0.15, 0.2) is 207 Å². The van der Waals surface area contributed by atoms with Gasteiger partial charge in [-0.25, -0.2) is 15.0 Å². The van der Waals surface area contributed by atoms with Crippen LogP contribution in [0.1, 0.15) is 22.3 Å². The van der Waals surface area contributed by atoms with Gasteiger partial charge in [0.2, 0.25) is 0 Å². The molecule has 0 amide bonds. The Morgan fingerprint density at radius 1 is 0.327 bits per heavy atom. The predicted molar refractivity (Wildman–Crippen MR) is 222 cm³/mol. The normalized spacial score (nSPS) is 12.5. The molecule has 0 bridgehead atoms. The minimum atomic E-state index is -0.474. The molecule has 7 aromatic carbocycles. The molecule has 4 nitrogen and oxygen atoms in total. The Kier molecular flexibility index (Phi) is 8.00. The van der Waals surface area contributed by atoms with Crippen LogP contribution in [0, 0.1) is 0 Å². The summed E-state index contributed by atoms with van der Waals surface area (Å²) in [6, 6.07) is 68.8. The van der Waals surface area contributed by atoms with Gasteiger partial charge in [-0.15, -0.1) is 0 Å². The molecule has 9 aromatic rings. The lowest BCUT2D eigenvalue weighted by Crippen LogP contribution is -2.28. The summed E-state index contributed by atoms with van der Waals surface area (Å²) < 4.78 is 0. The summed E-state index contributed by atoms with van der Waals surface area (Å²) in [6.07, 6.45) is 3.57. The molecule has 0 atom stereocenters. The maximum atomic E-state index is 5.14. The Morgan fingerprint density at radius 3 is 1.45 bits per heavy atom. The summed E-state index contributed by atoms with van der Waals surface area (Å²) in [5, 5.41) is 0. The number of aromatic nitrogens is 4. The van der Waals surface area contributed by atoms with Gasteiger partial charge in [0.25, 0.3) is 0 Å². The van der Waals surface area contributed by atoms with E-state index in [4.69, 9.17) is 15.0 Å². The van der Waals surface area contributed by atoms with E-state index in [9.17, 15) is 0 Å². The molecule has 0 saturated carbocycles. The van der Waals surface area contributed by atoms with Crippen molar-refractivity contribution in [1.29, 1.82) is 0 Å². The Labute approximate surface area is 320 Å². The third kappa shape index (κ3) is 5.55. The van der Waals surface area contributed by atoms with Gasteiger partial charge in [0, 0.05) is 29.1 Å². The zero-order chi connectivity index (χ0) is 36.6. The maximum Gasteiger partial charge on any atom is 0.165 e. The van der Waals surface area contributed by atoms with Crippen LogP contribution in [0.25, 0.3) is 67.5 Å². The molecule has 2 aromatic heterocycles. The number of benzene rings is 7. The quantitative estimate of drug-likeness (QED) is 0.166. The first-order valence-corrected chi connectivity index (χ1v) is 18.5. The molecule has 0 saturated heterocycles. The van der Waals surface area contributed by atoms with E-state index in [-0.39, 0.29) is 0 Å². The average molecular weight is 703 g/mol. The van der Waals surface area contributed by atoms with Gasteiger partial charge < -0.3 is 0 Å². The van der Waals surface area contributed by atoms with E-state index in [1.807, 2.05) is 18.2 Å². The van der Waals surface area contributed by atoms with Crippen molar-refractivity contribution in [2.75, 3.05) is 0 Å². The molecule has 1 aliphatic carbocycles. The monoisotopic (exact) mass is 702 g/mol. The van der Waals surface area contributed by atoms with Gasteiger partial charge in [-0.3, -0.25) is 4.98 Å². The second kappa shape index (κ2) is 13.6. The van der Waals surface area contributed by atoms with E-state index in [0.29, 0.717) is 17.5 Å². The molecule has 0 N–H and O–H groups in total. The first-order chi connectivity index (χ1) is 27.3. The molecule has 2 heterocycles. The molecule has 0 fully saturated rings. The van der Waals surface area contributed by atoms with Gasteiger partial charge in [0.15, 0.2) is 17.5 Å². The van der Waals surface area contributed by atoms with E-state index in [1.54, 1.807) is 12.4 Å². The number of hydrogen-bond acceptors (Lipinski definition) is 4. The second-order valence-electron chi connectivity index (χ2n) is 13.8. The van der Waals surface area contributed by atoms with E-state index in [1.165, 1.54) is 33.4 Å². The number of rotatable bonds is 7. The predicted octanol–water partition coefficient (Wildman–Crippen LogP) is 12.0. The van der Waals surface area contributed by atoms with Crippen LogP contribution in [0.4, 0.5) is 0 Å². The summed E-state index contributed by atoms with van der Waals surface area (Å²) in [6.45, 7) is 0. The lowest BCUT2D eigenvalue weighted by atomic mass is 9.67. The van der Waals surface area contributed by atoms with E-state index >= 15 is 0 Å². The van der Waals surface area contributed by atoms with Crippen LogP contribution >= 0.6 is 0 Å². The molecule has 0 spiro atoms. The summed E-state index contributed by atoms with van der Waals surface area (Å²) in [5.41, 5.74) is 14.2. The van der Waals surface area contributed by atoms with Crippen molar-refractivity contribution in [1.82, 2.24) is 19.9 Å². The van der Waals surface area contributed by atoms with Crippen LogP contribution in [-0.2, 0) is 5.41 Å². The van der Waals surface area contributed by atoms with Crippen molar-refractivity contribution in [3.05, 3.63) is 229 Å². The summed E-state index contributed by atoms with van der Waals surface area (Å²) in [5.74, 6) is 1.79. The van der Waals surface area contributed by atoms with Gasteiger partial charge in [0.05, 0.1) is 5.41 Å². The van der Waals surface area contributed by atoms with Crippen molar-refractivity contribution < 1.29 is 0 Å². The fourth-order valence-corrected chi connectivity index (χ4v) is 8.29. The zero-order valence-electron chi connectivity index (χ0n) is 29.9. The Hall–Kier alpha value is -7.30. The summed E-state index contributed by atoms with van der Waals surface area (Å²) >= 11 is 0. The number of hydrogen-bond donors (Lipinski definition) is 0. The third-order valence-electron chi connectivity index (χ3n) is 10.7. The standard InChI is InChI=1S/C51H34N4/c1-4-16-35(17-5-1)36-18-12-20-38(32-36)48-53-49(55-50(54-48)40-22-15-31-52-34-40)39-21-13-19-37(33-39)43-28-14-30-46-47(43)44-27-10-11-29-45(44)51(46,41-23-6-2-7-24-41)42-25-8-3-9-26-42/h1-34H. The van der Waals surface area contributed by atoms with Gasteiger partial charge in [0.1, 0.15) is 0 Å². The molecule has 1 aliphatic rings. The molecular weight excluding hydrogens is 669 g/mol. The zero-order valence-corrected chi connectivity index (χ0v) is 29.9. The highest BCUT2D eigenvalue weighted by Crippen LogP contribution is 2.58. The first kappa shape index (κ1) is 32.4. The minimum Gasteiger partial charge on any atom is -0.264 e. The maximum absolute atomic E-state index is 5.14. The molecular formula is C51H34N4. The molecule has 4 heteroatoms. The topological polar surface area (TPSA) is 51.6 Å². The Balaban J connectivity index is 1.15.